The van der Waals surface area contributed by atoms with E-state index in [1.807, 2.05) is 48.5 Å². The Hall–Kier alpha value is -7.84. The second-order valence-electron chi connectivity index (χ2n) is 16.8. The van der Waals surface area contributed by atoms with Gasteiger partial charge in [-0.15, -0.1) is 0 Å². The first-order valence-electron chi connectivity index (χ1n) is 21.4. The molecule has 0 aromatic heterocycles. The van der Waals surface area contributed by atoms with E-state index in [9.17, 15) is 40.9 Å². The van der Waals surface area contributed by atoms with Gasteiger partial charge in [0.15, 0.2) is 0 Å². The van der Waals surface area contributed by atoms with Crippen molar-refractivity contribution in [1.29, 1.82) is 0 Å². The summed E-state index contributed by atoms with van der Waals surface area (Å²) in [5.41, 5.74) is 9.55. The first-order chi connectivity index (χ1) is 31.0. The predicted octanol–water partition coefficient (Wildman–Crippen LogP) is 10.4. The van der Waals surface area contributed by atoms with E-state index in [1.165, 1.54) is 0 Å². The SMILES string of the molecule is Oc1c2cccc1[14CH2]c1cccc(c1O)[14CH2]c1cccc(c1O)[14CH2]c1cccc(c1O)[14CH2]c1cccc(c1O)[14CH2]c1cccc(c1O)[14CH2]c1cccc(c1O)[14CH2]c1cccc(c1O)[14CH2]2. The Balaban J connectivity index is 1.11. The number of hydrogen-bond acceptors (Lipinski definition) is 8. The first-order valence-corrected chi connectivity index (χ1v) is 21.4. The van der Waals surface area contributed by atoms with Gasteiger partial charge in [-0.3, -0.25) is 0 Å². The fourth-order valence-corrected chi connectivity index (χ4v) is 9.08. The molecule has 9 rings (SSSR count). The molecule has 0 fully saturated rings. The van der Waals surface area contributed by atoms with Gasteiger partial charge in [0.2, 0.25) is 0 Å². The van der Waals surface area contributed by atoms with Crippen molar-refractivity contribution >= 4 is 0 Å². The molecule has 8 heteroatoms. The molecule has 64 heavy (non-hydrogen) atoms. The molecule has 0 unspecified atom stereocenters. The van der Waals surface area contributed by atoms with Crippen LogP contribution in [0.4, 0.5) is 0 Å². The summed E-state index contributed by atoms with van der Waals surface area (Å²) in [7, 11) is 0. The molecule has 8 aromatic carbocycles. The number of hydrogen-bond donors (Lipinski definition) is 8. The molecule has 8 aromatic rings. The molecule has 8 nitrogen and oxygen atoms in total. The highest BCUT2D eigenvalue weighted by molar-refractivity contribution is 5.57. The van der Waals surface area contributed by atoms with Gasteiger partial charge in [0, 0.05) is 51.4 Å². The highest BCUT2D eigenvalue weighted by Crippen LogP contribution is 2.39. The minimum atomic E-state index is 0.0587. The summed E-state index contributed by atoms with van der Waals surface area (Å²) in [6.45, 7) is 0. The van der Waals surface area contributed by atoms with Crippen molar-refractivity contribution in [3.05, 3.63) is 235 Å². The first kappa shape index (κ1) is 41.5. The summed E-state index contributed by atoms with van der Waals surface area (Å²) in [6.07, 6.45) is 1.83. The van der Waals surface area contributed by atoms with Gasteiger partial charge in [0.05, 0.1) is 0 Å². The van der Waals surface area contributed by atoms with E-state index in [0.29, 0.717) is 89.0 Å². The smallest absolute Gasteiger partial charge is 0.122 e. The summed E-state index contributed by atoms with van der Waals surface area (Å²) in [5.74, 6) is 0.469. The lowest BCUT2D eigenvalue weighted by Crippen LogP contribution is -2.00. The van der Waals surface area contributed by atoms with Crippen LogP contribution in [0.3, 0.4) is 0 Å². The number of benzene rings is 8. The molecule has 8 N–H and O–H groups in total. The highest BCUT2D eigenvalue weighted by Gasteiger charge is 2.20. The third-order valence-corrected chi connectivity index (χ3v) is 12.7. The maximum atomic E-state index is 11.6. The van der Waals surface area contributed by atoms with E-state index in [2.05, 4.69) is 0 Å². The molecule has 0 atom stereocenters. The molecule has 0 saturated carbocycles. The van der Waals surface area contributed by atoms with Crippen molar-refractivity contribution < 1.29 is 40.9 Å². The number of rotatable bonds is 0. The van der Waals surface area contributed by atoms with E-state index < -0.39 is 0 Å². The van der Waals surface area contributed by atoms with Crippen molar-refractivity contribution in [2.24, 2.45) is 0 Å². The zero-order valence-electron chi connectivity index (χ0n) is 35.1. The van der Waals surface area contributed by atoms with Gasteiger partial charge in [-0.05, 0) is 89.0 Å². The van der Waals surface area contributed by atoms with Crippen molar-refractivity contribution in [1.82, 2.24) is 0 Å². The summed E-state index contributed by atoms with van der Waals surface area (Å²) in [5, 5.41) is 92.6. The van der Waals surface area contributed by atoms with Gasteiger partial charge in [-0.25, -0.2) is 0 Å². The van der Waals surface area contributed by atoms with Crippen LogP contribution in [0.5, 0.6) is 46.0 Å². The summed E-state index contributed by atoms with van der Waals surface area (Å²) in [6, 6.07) is 43.6. The van der Waals surface area contributed by atoms with E-state index in [0.717, 1.165) is 0 Å². The largest absolute Gasteiger partial charge is 0.507 e. The average molecular weight is 865 g/mol. The van der Waals surface area contributed by atoms with Crippen molar-refractivity contribution in [2.75, 3.05) is 0 Å². The van der Waals surface area contributed by atoms with E-state index in [-0.39, 0.29) is 97.4 Å². The van der Waals surface area contributed by atoms with Crippen molar-refractivity contribution in [2.45, 2.75) is 51.4 Å². The Bertz CT molecular complexity index is 2280. The van der Waals surface area contributed by atoms with E-state index in [1.54, 1.807) is 97.1 Å². The number of phenolic OH excluding ortho intramolecular Hbond substituents is 8. The Morgan fingerprint density at radius 2 is 0.234 bits per heavy atom. The van der Waals surface area contributed by atoms with E-state index in [4.69, 9.17) is 0 Å². The minimum absolute atomic E-state index is 0.0587. The normalized spacial score (nSPS) is 13.0. The summed E-state index contributed by atoms with van der Waals surface area (Å²) in [4.78, 5) is 0. The third-order valence-electron chi connectivity index (χ3n) is 12.7. The lowest BCUT2D eigenvalue weighted by molar-refractivity contribution is 0.452. The zero-order chi connectivity index (χ0) is 44.5. The predicted molar refractivity (Wildman–Crippen MR) is 247 cm³/mol. The van der Waals surface area contributed by atoms with Crippen LogP contribution in [0.15, 0.2) is 146 Å². The highest BCUT2D eigenvalue weighted by atomic mass is 16.3. The molecule has 1 aliphatic rings. The zero-order valence-corrected chi connectivity index (χ0v) is 35.1. The van der Waals surface area contributed by atoms with Crippen LogP contribution in [0.2, 0.25) is 0 Å². The number of aromatic hydroxyl groups is 8. The van der Waals surface area contributed by atoms with Crippen LogP contribution in [0.1, 0.15) is 89.0 Å². The van der Waals surface area contributed by atoms with Gasteiger partial charge < -0.3 is 40.9 Å². The number of para-hydroxylation sites is 8. The van der Waals surface area contributed by atoms with E-state index >= 15 is 0 Å². The third kappa shape index (κ3) is 8.26. The van der Waals surface area contributed by atoms with Crippen LogP contribution in [-0.4, -0.2) is 40.9 Å². The Kier molecular flexibility index (Phi) is 11.3. The standard InChI is InChI=1S/C56H48O8/c57-49-33-9-1-10-34(49)26-36-12-3-14-38(51(36)59)28-40-16-5-18-42(53(40)61)30-44-20-7-22-46(55(44)63)32-48-24-8-23-47(56(48)64)31-45-21-6-19-43(54(45)62)29-41-17-4-15-39(52(41)60)27-37-13-2-11-35(25-33)50(37)58/h1-24,57-64H,25-32H2/i25+2,26+2,27+2,28+2,29+2,30+2,31+2,32+2. The Labute approximate surface area is 371 Å². The van der Waals surface area contributed by atoms with Gasteiger partial charge >= 0.3 is 0 Å². The monoisotopic (exact) mass is 864 g/mol. The maximum absolute atomic E-state index is 11.6. The minimum Gasteiger partial charge on any atom is -0.507 e. The van der Waals surface area contributed by atoms with Crippen molar-refractivity contribution in [3.63, 3.8) is 0 Å². The molecular weight excluding hydrogens is 817 g/mol. The van der Waals surface area contributed by atoms with Crippen LogP contribution in [0.25, 0.3) is 0 Å². The molecule has 0 radical (unpaired) electrons. The molecular formula is C56H48O8. The van der Waals surface area contributed by atoms with Crippen LogP contribution < -0.4 is 0 Å². The molecule has 0 heterocycles. The topological polar surface area (TPSA) is 162 Å². The Morgan fingerprint density at radius 1 is 0.156 bits per heavy atom. The molecule has 0 aliphatic heterocycles. The fraction of sp³-hybridized carbons (Fsp3) is 0.143. The number of phenols is 8. The lowest BCUT2D eigenvalue weighted by atomic mass is 10.1. The molecule has 0 saturated heterocycles. The van der Waals surface area contributed by atoms with Gasteiger partial charge in [-0.1, -0.05) is 146 Å². The molecule has 16 bridgehead atoms. The van der Waals surface area contributed by atoms with Gasteiger partial charge in [0.1, 0.15) is 46.0 Å². The molecule has 0 spiro atoms. The molecule has 0 amide bonds. The lowest BCUT2D eigenvalue weighted by Gasteiger charge is -2.16. The molecule has 320 valence electrons. The van der Waals surface area contributed by atoms with Crippen LogP contribution in [-0.2, 0) is 51.4 Å². The Morgan fingerprint density at radius 3 is 0.312 bits per heavy atom. The van der Waals surface area contributed by atoms with Gasteiger partial charge in [-0.2, -0.15) is 0 Å². The second kappa shape index (κ2) is 17.5. The number of fused-ring (bicyclic) bond motifs is 16. The summed E-state index contributed by atoms with van der Waals surface area (Å²) >= 11 is 0. The second-order valence-corrected chi connectivity index (χ2v) is 16.8. The molecule has 1 aliphatic carbocycles. The fourth-order valence-electron chi connectivity index (χ4n) is 9.08. The maximum Gasteiger partial charge on any atom is 0.122 e. The average Bonchev–Trinajstić information content (AvgIpc) is 3.28. The summed E-state index contributed by atoms with van der Waals surface area (Å²) < 4.78 is 0. The van der Waals surface area contributed by atoms with Crippen molar-refractivity contribution in [3.8, 4) is 46.0 Å². The van der Waals surface area contributed by atoms with Crippen LogP contribution >= 0.6 is 0 Å². The quantitative estimate of drug-likeness (QED) is 0.0747. The van der Waals surface area contributed by atoms with Crippen LogP contribution in [0, 0.1) is 0 Å². The van der Waals surface area contributed by atoms with Gasteiger partial charge in [0.25, 0.3) is 0 Å².